The lowest BCUT2D eigenvalue weighted by Crippen LogP contribution is -2.43. The molecule has 0 bridgehead atoms. The summed E-state index contributed by atoms with van der Waals surface area (Å²) in [4.78, 5) is 0. The lowest BCUT2D eigenvalue weighted by molar-refractivity contribution is 0.162. The largest absolute Gasteiger partial charge is 0.493 e. The summed E-state index contributed by atoms with van der Waals surface area (Å²) < 4.78 is 6.01. The first kappa shape index (κ1) is 14.9. The van der Waals surface area contributed by atoms with E-state index in [0.717, 1.165) is 24.8 Å². The molecule has 1 saturated carbocycles. The molecule has 0 saturated heterocycles. The molecule has 0 aromatic heterocycles. The van der Waals surface area contributed by atoms with Gasteiger partial charge in [-0.25, -0.2) is 0 Å². The van der Waals surface area contributed by atoms with Crippen molar-refractivity contribution in [3.8, 4) is 5.75 Å². The molecular weight excluding hydrogens is 258 g/mol. The van der Waals surface area contributed by atoms with E-state index in [4.69, 9.17) is 4.74 Å². The molecule has 21 heavy (non-hydrogen) atoms. The van der Waals surface area contributed by atoms with Crippen LogP contribution in [0.4, 0.5) is 0 Å². The van der Waals surface area contributed by atoms with Gasteiger partial charge in [-0.2, -0.15) is 0 Å². The van der Waals surface area contributed by atoms with Gasteiger partial charge in [0.2, 0.25) is 0 Å². The Bertz CT molecular complexity index is 439. The Balaban J connectivity index is 1.64. The molecule has 0 radical (unpaired) electrons. The van der Waals surface area contributed by atoms with Gasteiger partial charge < -0.3 is 10.1 Å². The van der Waals surface area contributed by atoms with Crippen molar-refractivity contribution in [2.24, 2.45) is 11.8 Å². The zero-order valence-corrected chi connectivity index (χ0v) is 13.3. The summed E-state index contributed by atoms with van der Waals surface area (Å²) >= 11 is 0. The first-order chi connectivity index (χ1) is 10.4. The number of hydrogen-bond donors (Lipinski definition) is 1. The van der Waals surface area contributed by atoms with Crippen LogP contribution in [0.25, 0.3) is 0 Å². The van der Waals surface area contributed by atoms with Crippen LogP contribution in [0.15, 0.2) is 24.3 Å². The maximum absolute atomic E-state index is 6.01. The van der Waals surface area contributed by atoms with Crippen molar-refractivity contribution in [2.45, 2.75) is 57.9 Å². The van der Waals surface area contributed by atoms with Gasteiger partial charge in [0.25, 0.3) is 0 Å². The summed E-state index contributed by atoms with van der Waals surface area (Å²) in [6.45, 7) is 4.17. The van der Waals surface area contributed by atoms with E-state index in [9.17, 15) is 0 Å². The van der Waals surface area contributed by atoms with E-state index < -0.39 is 0 Å². The number of benzene rings is 1. The molecule has 1 heterocycles. The van der Waals surface area contributed by atoms with Crippen LogP contribution in [0.2, 0.25) is 0 Å². The predicted molar refractivity (Wildman–Crippen MR) is 87.8 cm³/mol. The number of nitrogens with one attached hydrogen (secondary N) is 1. The highest BCUT2D eigenvalue weighted by Crippen LogP contribution is 2.33. The number of hydrogen-bond acceptors (Lipinski definition) is 2. The van der Waals surface area contributed by atoms with Crippen LogP contribution >= 0.6 is 0 Å². The van der Waals surface area contributed by atoms with Crippen LogP contribution in [-0.2, 0) is 6.42 Å². The van der Waals surface area contributed by atoms with Gasteiger partial charge >= 0.3 is 0 Å². The van der Waals surface area contributed by atoms with E-state index in [1.165, 1.54) is 50.5 Å². The molecule has 2 atom stereocenters. The van der Waals surface area contributed by atoms with Gasteiger partial charge in [-0.15, -0.1) is 0 Å². The highest BCUT2D eigenvalue weighted by Gasteiger charge is 2.29. The van der Waals surface area contributed by atoms with Crippen LogP contribution in [0.3, 0.4) is 0 Å². The van der Waals surface area contributed by atoms with Crippen LogP contribution in [0.1, 0.15) is 51.0 Å². The third kappa shape index (κ3) is 3.79. The van der Waals surface area contributed by atoms with E-state index in [2.05, 4.69) is 36.5 Å². The second-order valence-electron chi connectivity index (χ2n) is 6.79. The zero-order valence-electron chi connectivity index (χ0n) is 13.3. The highest BCUT2D eigenvalue weighted by atomic mass is 16.5. The summed E-state index contributed by atoms with van der Waals surface area (Å²) in [6, 6.07) is 9.16. The van der Waals surface area contributed by atoms with E-state index in [-0.39, 0.29) is 0 Å². The van der Waals surface area contributed by atoms with Gasteiger partial charge in [-0.1, -0.05) is 57.2 Å². The monoisotopic (exact) mass is 287 g/mol. The molecule has 2 unspecified atom stereocenters. The van der Waals surface area contributed by atoms with Crippen molar-refractivity contribution in [1.82, 2.24) is 5.32 Å². The molecule has 1 fully saturated rings. The van der Waals surface area contributed by atoms with Crippen LogP contribution in [-0.4, -0.2) is 19.2 Å². The number of para-hydroxylation sites is 1. The van der Waals surface area contributed by atoms with Crippen molar-refractivity contribution >= 4 is 0 Å². The Kier molecular flexibility index (Phi) is 5.18. The molecule has 1 N–H and O–H groups in total. The fraction of sp³-hybridized carbons (Fsp3) is 0.684. The van der Waals surface area contributed by atoms with Crippen molar-refractivity contribution in [2.75, 3.05) is 13.2 Å². The SMILES string of the molecule is CCNC(CC1CCCCC1)C1COc2ccccc2C1. The standard InChI is InChI=1S/C19H29NO/c1-2-20-18(12-15-8-4-3-5-9-15)17-13-16-10-6-7-11-19(16)21-14-17/h6-7,10-11,15,17-18,20H,2-5,8-9,12-14H2,1H3. The summed E-state index contributed by atoms with van der Waals surface area (Å²) in [6.07, 6.45) is 9.70. The average molecular weight is 287 g/mol. The lowest BCUT2D eigenvalue weighted by Gasteiger charge is -2.35. The maximum Gasteiger partial charge on any atom is 0.122 e. The maximum atomic E-state index is 6.01. The van der Waals surface area contributed by atoms with Crippen LogP contribution < -0.4 is 10.1 Å². The van der Waals surface area contributed by atoms with E-state index in [1.54, 1.807) is 0 Å². The molecular formula is C19H29NO. The first-order valence-electron chi connectivity index (χ1n) is 8.81. The molecule has 3 rings (SSSR count). The third-order valence-electron chi connectivity index (χ3n) is 5.25. The zero-order chi connectivity index (χ0) is 14.5. The molecule has 1 aromatic rings. The van der Waals surface area contributed by atoms with Crippen LogP contribution in [0.5, 0.6) is 5.75 Å². The second-order valence-corrected chi connectivity index (χ2v) is 6.79. The van der Waals surface area contributed by atoms with E-state index in [1.807, 2.05) is 0 Å². The van der Waals surface area contributed by atoms with Gasteiger partial charge in [0.1, 0.15) is 5.75 Å². The quantitative estimate of drug-likeness (QED) is 0.877. The predicted octanol–water partition coefficient (Wildman–Crippen LogP) is 4.19. The van der Waals surface area contributed by atoms with Gasteiger partial charge in [0.15, 0.2) is 0 Å². The van der Waals surface area contributed by atoms with Gasteiger partial charge in [-0.05, 0) is 36.9 Å². The lowest BCUT2D eigenvalue weighted by atomic mass is 9.80. The van der Waals surface area contributed by atoms with E-state index in [0.29, 0.717) is 12.0 Å². The third-order valence-corrected chi connectivity index (χ3v) is 5.25. The minimum Gasteiger partial charge on any atom is -0.493 e. The fourth-order valence-corrected chi connectivity index (χ4v) is 4.10. The molecule has 1 aliphatic heterocycles. The summed E-state index contributed by atoms with van der Waals surface area (Å²) in [5.74, 6) is 2.66. The number of fused-ring (bicyclic) bond motifs is 1. The smallest absolute Gasteiger partial charge is 0.122 e. The van der Waals surface area contributed by atoms with Crippen molar-refractivity contribution in [3.63, 3.8) is 0 Å². The van der Waals surface area contributed by atoms with Gasteiger partial charge in [-0.3, -0.25) is 0 Å². The van der Waals surface area contributed by atoms with Crippen molar-refractivity contribution < 1.29 is 4.74 Å². The minimum atomic E-state index is 0.617. The summed E-state index contributed by atoms with van der Waals surface area (Å²) in [5, 5.41) is 3.75. The number of ether oxygens (including phenoxy) is 1. The molecule has 0 amide bonds. The van der Waals surface area contributed by atoms with Crippen molar-refractivity contribution in [1.29, 1.82) is 0 Å². The second kappa shape index (κ2) is 7.31. The minimum absolute atomic E-state index is 0.617. The van der Waals surface area contributed by atoms with Crippen LogP contribution in [0, 0.1) is 11.8 Å². The van der Waals surface area contributed by atoms with Gasteiger partial charge in [0.05, 0.1) is 6.61 Å². The molecule has 1 aromatic carbocycles. The van der Waals surface area contributed by atoms with Crippen molar-refractivity contribution in [3.05, 3.63) is 29.8 Å². The Morgan fingerprint density at radius 1 is 1.19 bits per heavy atom. The average Bonchev–Trinajstić information content (AvgIpc) is 2.55. The summed E-state index contributed by atoms with van der Waals surface area (Å²) in [5.41, 5.74) is 1.39. The Morgan fingerprint density at radius 2 is 2.00 bits per heavy atom. The Morgan fingerprint density at radius 3 is 2.81 bits per heavy atom. The topological polar surface area (TPSA) is 21.3 Å². The fourth-order valence-electron chi connectivity index (χ4n) is 4.10. The molecule has 116 valence electrons. The highest BCUT2D eigenvalue weighted by molar-refractivity contribution is 5.35. The molecule has 2 aliphatic rings. The number of rotatable bonds is 5. The molecule has 1 aliphatic carbocycles. The normalized spacial score (nSPS) is 24.1. The van der Waals surface area contributed by atoms with Gasteiger partial charge in [0, 0.05) is 12.0 Å². The Labute approximate surface area is 129 Å². The molecule has 0 spiro atoms. The summed E-state index contributed by atoms with van der Waals surface area (Å²) in [7, 11) is 0. The Hall–Kier alpha value is -1.02. The first-order valence-corrected chi connectivity index (χ1v) is 8.81. The molecule has 2 heteroatoms. The van der Waals surface area contributed by atoms with E-state index >= 15 is 0 Å². The molecule has 2 nitrogen and oxygen atoms in total.